The van der Waals surface area contributed by atoms with Gasteiger partial charge >= 0.3 is 5.97 Å². The molecule has 2 heterocycles. The summed E-state index contributed by atoms with van der Waals surface area (Å²) in [7, 11) is 0. The van der Waals surface area contributed by atoms with Crippen molar-refractivity contribution in [1.82, 2.24) is 41.2 Å². The molecule has 0 fully saturated rings. The number of carboxylic acid groups (broad SMARTS) is 1. The van der Waals surface area contributed by atoms with Gasteiger partial charge < -0.3 is 52.9 Å². The van der Waals surface area contributed by atoms with Crippen LogP contribution in [0, 0.1) is 0 Å². The number of hydrogen-bond acceptors (Lipinski definition) is 10. The molecule has 3 rings (SSSR count). The summed E-state index contributed by atoms with van der Waals surface area (Å²) in [6, 6.07) is 0.146. The van der Waals surface area contributed by atoms with E-state index in [1.54, 1.807) is 12.1 Å². The number of carbonyl (C=O) groups excluding carboxylic acids is 4. The average molecular weight is 655 g/mol. The van der Waals surface area contributed by atoms with Crippen LogP contribution in [0.4, 0.5) is 0 Å². The molecule has 17 nitrogen and oxygen atoms in total. The molecule has 0 saturated heterocycles. The Bertz CT molecular complexity index is 1450. The second kappa shape index (κ2) is 18.0. The summed E-state index contributed by atoms with van der Waals surface area (Å²) in [5.74, 6) is -4.06. The number of nitrogens with zero attached hydrogens (tertiary/aromatic N) is 2. The van der Waals surface area contributed by atoms with Crippen molar-refractivity contribution in [3.05, 3.63) is 66.3 Å². The van der Waals surface area contributed by atoms with E-state index < -0.39 is 59.8 Å². The first-order valence-corrected chi connectivity index (χ1v) is 15.1. The second-order valence-electron chi connectivity index (χ2n) is 11.1. The number of phenolic OH excluding ortho intramolecular Hbond substituents is 1. The number of unbranched alkanes of at least 4 members (excludes halogenated alkanes) is 1. The first-order valence-electron chi connectivity index (χ1n) is 15.1. The molecule has 254 valence electrons. The predicted octanol–water partition coefficient (Wildman–Crippen LogP) is -1.63. The van der Waals surface area contributed by atoms with Crippen molar-refractivity contribution in [3.63, 3.8) is 0 Å². The van der Waals surface area contributed by atoms with Crippen LogP contribution in [0.2, 0.25) is 0 Å². The highest BCUT2D eigenvalue weighted by molar-refractivity contribution is 5.95. The van der Waals surface area contributed by atoms with Gasteiger partial charge in [-0.05, 0) is 50.4 Å². The molecule has 0 aliphatic rings. The monoisotopic (exact) mass is 654 g/mol. The highest BCUT2D eigenvalue weighted by Gasteiger charge is 2.32. The zero-order valence-corrected chi connectivity index (χ0v) is 25.9. The molecule has 0 bridgehead atoms. The second-order valence-corrected chi connectivity index (χ2v) is 11.1. The standard InChI is InChI=1S/C30H42N10O7/c1-17(32)26(42)38-24(11-19-13-33-15-35-19)29(45)37-22(4-2-3-9-31)27(43)39-23(10-18-5-7-21(41)8-6-18)28(44)40-25(30(46)47)12-20-14-34-16-36-20/h5-8,13-17,22-25,41H,2-4,9-12,31-32H2,1H3,(H,33,35)(H,34,36)(H,37,45)(H,38,42)(H,39,43)(H,40,44)(H,46,47)/t17-,22-,23-,24-,25-/m0/s1. The fourth-order valence-electron chi connectivity index (χ4n) is 4.60. The van der Waals surface area contributed by atoms with Crippen LogP contribution in [0.1, 0.15) is 43.1 Å². The molecular weight excluding hydrogens is 612 g/mol. The number of aliphatic carboxylic acids is 1. The number of rotatable bonds is 19. The first-order chi connectivity index (χ1) is 22.5. The molecule has 0 saturated carbocycles. The van der Waals surface area contributed by atoms with Gasteiger partial charge in [0.1, 0.15) is 29.9 Å². The van der Waals surface area contributed by atoms with Crippen molar-refractivity contribution in [2.24, 2.45) is 11.5 Å². The molecule has 0 radical (unpaired) electrons. The van der Waals surface area contributed by atoms with Crippen molar-refractivity contribution >= 4 is 29.6 Å². The average Bonchev–Trinajstić information content (AvgIpc) is 3.75. The third-order valence-corrected chi connectivity index (χ3v) is 7.21. The van der Waals surface area contributed by atoms with E-state index >= 15 is 0 Å². The number of carbonyl (C=O) groups is 5. The lowest BCUT2D eigenvalue weighted by Crippen LogP contribution is -2.59. The van der Waals surface area contributed by atoms with Crippen molar-refractivity contribution < 1.29 is 34.2 Å². The van der Waals surface area contributed by atoms with Crippen molar-refractivity contribution in [2.75, 3.05) is 6.54 Å². The van der Waals surface area contributed by atoms with E-state index in [2.05, 4.69) is 41.2 Å². The van der Waals surface area contributed by atoms with Gasteiger partial charge in [-0.2, -0.15) is 0 Å². The van der Waals surface area contributed by atoms with Gasteiger partial charge in [0.05, 0.1) is 18.7 Å². The smallest absolute Gasteiger partial charge is 0.326 e. The van der Waals surface area contributed by atoms with Crippen LogP contribution >= 0.6 is 0 Å². The molecule has 47 heavy (non-hydrogen) atoms. The molecule has 0 unspecified atom stereocenters. The highest BCUT2D eigenvalue weighted by atomic mass is 16.4. The van der Waals surface area contributed by atoms with Crippen LogP contribution in [0.5, 0.6) is 5.75 Å². The van der Waals surface area contributed by atoms with Crippen LogP contribution in [0.25, 0.3) is 0 Å². The fourth-order valence-corrected chi connectivity index (χ4v) is 4.60. The van der Waals surface area contributed by atoms with E-state index in [4.69, 9.17) is 11.5 Å². The number of aromatic amines is 2. The van der Waals surface area contributed by atoms with Crippen LogP contribution in [0.15, 0.2) is 49.3 Å². The minimum absolute atomic E-state index is 0.00669. The zero-order valence-electron chi connectivity index (χ0n) is 25.9. The summed E-state index contributed by atoms with van der Waals surface area (Å²) in [6.45, 7) is 1.81. The van der Waals surface area contributed by atoms with Gasteiger partial charge in [-0.1, -0.05) is 12.1 Å². The lowest BCUT2D eigenvalue weighted by atomic mass is 10.0. The number of carboxylic acids is 1. The summed E-state index contributed by atoms with van der Waals surface area (Å²) in [5, 5.41) is 29.9. The number of amides is 4. The number of aromatic hydroxyl groups is 1. The SMILES string of the molecule is C[C@H](N)C(=O)N[C@@H](Cc1cnc[nH]1)C(=O)N[C@@H](CCCCN)C(=O)N[C@@H](Cc1ccc(O)cc1)C(=O)N[C@@H](Cc1cnc[nH]1)C(=O)O. The Balaban J connectivity index is 1.84. The van der Waals surface area contributed by atoms with E-state index in [-0.39, 0.29) is 31.4 Å². The Kier molecular flexibility index (Phi) is 13.9. The molecule has 0 aliphatic carbocycles. The van der Waals surface area contributed by atoms with Crippen LogP contribution in [-0.2, 0) is 43.2 Å². The lowest BCUT2D eigenvalue weighted by molar-refractivity contribution is -0.142. The van der Waals surface area contributed by atoms with E-state index in [0.717, 1.165) is 0 Å². The minimum Gasteiger partial charge on any atom is -0.508 e. The molecule has 1 aromatic carbocycles. The van der Waals surface area contributed by atoms with Crippen LogP contribution in [0.3, 0.4) is 0 Å². The molecule has 17 heteroatoms. The number of imidazole rings is 2. The largest absolute Gasteiger partial charge is 0.508 e. The number of phenols is 1. The van der Waals surface area contributed by atoms with Crippen molar-refractivity contribution in [3.8, 4) is 5.75 Å². The number of nitrogens with one attached hydrogen (secondary N) is 6. The first kappa shape index (κ1) is 36.2. The van der Waals surface area contributed by atoms with Gasteiger partial charge in [0.25, 0.3) is 0 Å². The predicted molar refractivity (Wildman–Crippen MR) is 168 cm³/mol. The number of benzene rings is 1. The molecule has 3 aromatic rings. The normalized spacial score (nSPS) is 14.2. The highest BCUT2D eigenvalue weighted by Crippen LogP contribution is 2.13. The van der Waals surface area contributed by atoms with Crippen LogP contribution < -0.4 is 32.7 Å². The van der Waals surface area contributed by atoms with E-state index in [1.807, 2.05) is 0 Å². The number of hydrogen-bond donors (Lipinski definition) is 10. The third kappa shape index (κ3) is 11.9. The number of aromatic nitrogens is 4. The quantitative estimate of drug-likeness (QED) is 0.0655. The van der Waals surface area contributed by atoms with Gasteiger partial charge in [0.15, 0.2) is 0 Å². The van der Waals surface area contributed by atoms with E-state index in [9.17, 15) is 34.2 Å². The maximum atomic E-state index is 13.7. The molecule has 4 amide bonds. The molecule has 5 atom stereocenters. The fraction of sp³-hybridized carbons (Fsp3) is 0.433. The Morgan fingerprint density at radius 2 is 1.23 bits per heavy atom. The topological polar surface area (TPSA) is 283 Å². The Hall–Kier alpha value is -5.29. The summed E-state index contributed by atoms with van der Waals surface area (Å²) in [6.07, 6.45) is 6.74. The van der Waals surface area contributed by atoms with Gasteiger partial charge in [-0.25, -0.2) is 14.8 Å². The van der Waals surface area contributed by atoms with Gasteiger partial charge in [0, 0.05) is 43.0 Å². The van der Waals surface area contributed by atoms with Gasteiger partial charge in [0.2, 0.25) is 23.6 Å². The Morgan fingerprint density at radius 1 is 0.745 bits per heavy atom. The van der Waals surface area contributed by atoms with Gasteiger partial charge in [-0.15, -0.1) is 0 Å². The third-order valence-electron chi connectivity index (χ3n) is 7.21. The van der Waals surface area contributed by atoms with E-state index in [1.165, 1.54) is 44.1 Å². The molecule has 2 aromatic heterocycles. The molecule has 0 aliphatic heterocycles. The number of nitrogens with two attached hydrogens (primary N) is 2. The zero-order chi connectivity index (χ0) is 34.3. The summed E-state index contributed by atoms with van der Waals surface area (Å²) in [5.41, 5.74) is 12.9. The van der Waals surface area contributed by atoms with Crippen molar-refractivity contribution in [2.45, 2.75) is 75.7 Å². The molecular formula is C30H42N10O7. The Labute approximate surface area is 270 Å². The molecule has 12 N–H and O–H groups in total. The van der Waals surface area contributed by atoms with Gasteiger partial charge in [-0.3, -0.25) is 19.2 Å². The lowest BCUT2D eigenvalue weighted by Gasteiger charge is -2.26. The van der Waals surface area contributed by atoms with E-state index in [0.29, 0.717) is 36.3 Å². The summed E-state index contributed by atoms with van der Waals surface area (Å²) in [4.78, 5) is 78.7. The summed E-state index contributed by atoms with van der Waals surface area (Å²) >= 11 is 0. The minimum atomic E-state index is -1.35. The number of H-pyrrole nitrogens is 2. The Morgan fingerprint density at radius 3 is 1.74 bits per heavy atom. The molecule has 0 spiro atoms. The maximum absolute atomic E-state index is 13.7. The summed E-state index contributed by atoms with van der Waals surface area (Å²) < 4.78 is 0. The van der Waals surface area contributed by atoms with Crippen LogP contribution in [-0.4, -0.2) is 96.5 Å². The maximum Gasteiger partial charge on any atom is 0.326 e. The van der Waals surface area contributed by atoms with Crippen molar-refractivity contribution in [1.29, 1.82) is 0 Å².